The molecule has 0 aromatic heterocycles. The van der Waals surface area contributed by atoms with Gasteiger partial charge in [0.25, 0.3) is 11.8 Å². The highest BCUT2D eigenvalue weighted by molar-refractivity contribution is 6.45. The van der Waals surface area contributed by atoms with E-state index in [2.05, 4.69) is 0 Å². The van der Waals surface area contributed by atoms with E-state index in [9.17, 15) is 9.59 Å². The Labute approximate surface area is 187 Å². The molecule has 5 heteroatoms. The Hall–Kier alpha value is -3.37. The highest BCUT2D eigenvalue weighted by atomic mass is 35.5. The summed E-state index contributed by atoms with van der Waals surface area (Å²) in [7, 11) is 1.84. The second kappa shape index (κ2) is 8.40. The monoisotopic (exact) mass is 430 g/mol. The van der Waals surface area contributed by atoms with Crippen molar-refractivity contribution in [1.29, 1.82) is 0 Å². The predicted octanol–water partition coefficient (Wildman–Crippen LogP) is 5.37. The molecule has 1 aliphatic rings. The number of carbonyl (C=O) groups excluding carboxylic acids is 2. The molecule has 4 nitrogen and oxygen atoms in total. The van der Waals surface area contributed by atoms with Crippen molar-refractivity contribution >= 4 is 34.7 Å². The Bertz CT molecular complexity index is 1200. The van der Waals surface area contributed by atoms with E-state index < -0.39 is 0 Å². The normalized spacial score (nSPS) is 13.9. The van der Waals surface area contributed by atoms with E-state index in [1.54, 1.807) is 24.3 Å². The number of imide groups is 1. The van der Waals surface area contributed by atoms with E-state index in [4.69, 9.17) is 11.6 Å². The number of aryl methyl sites for hydroxylation is 2. The van der Waals surface area contributed by atoms with Crippen LogP contribution in [-0.4, -0.2) is 23.8 Å². The molecule has 0 atom stereocenters. The predicted molar refractivity (Wildman–Crippen MR) is 125 cm³/mol. The van der Waals surface area contributed by atoms with Gasteiger partial charge in [-0.15, -0.1) is 0 Å². The minimum atomic E-state index is -0.348. The highest BCUT2D eigenvalue weighted by Crippen LogP contribution is 2.36. The first-order valence-corrected chi connectivity index (χ1v) is 10.5. The molecule has 0 spiro atoms. The molecule has 0 saturated carbocycles. The summed E-state index contributed by atoms with van der Waals surface area (Å²) >= 11 is 6.14. The molecule has 0 fully saturated rings. The Kier molecular flexibility index (Phi) is 5.66. The van der Waals surface area contributed by atoms with Crippen LogP contribution in [0.3, 0.4) is 0 Å². The molecule has 3 aromatic rings. The fourth-order valence-corrected chi connectivity index (χ4v) is 4.00. The van der Waals surface area contributed by atoms with Gasteiger partial charge in [-0.3, -0.25) is 9.59 Å². The topological polar surface area (TPSA) is 40.6 Å². The Morgan fingerprint density at radius 2 is 1.58 bits per heavy atom. The molecule has 2 amide bonds. The van der Waals surface area contributed by atoms with Crippen molar-refractivity contribution < 1.29 is 9.59 Å². The Morgan fingerprint density at radius 1 is 0.839 bits per heavy atom. The number of benzene rings is 3. The van der Waals surface area contributed by atoms with E-state index >= 15 is 0 Å². The summed E-state index contributed by atoms with van der Waals surface area (Å²) in [5, 5.41) is 0.469. The van der Waals surface area contributed by atoms with Gasteiger partial charge in [0.2, 0.25) is 0 Å². The Morgan fingerprint density at radius 3 is 2.26 bits per heavy atom. The highest BCUT2D eigenvalue weighted by Gasteiger charge is 2.41. The molecule has 0 N–H and O–H groups in total. The summed E-state index contributed by atoms with van der Waals surface area (Å²) < 4.78 is 0. The SMILES string of the molecule is Cc1ccc(C2=C(N(C)Cc3ccccc3)C(=O)N(c3cccc(Cl)c3)C2=O)cc1C. The molecule has 0 radical (unpaired) electrons. The molecule has 1 aliphatic heterocycles. The molecule has 1 heterocycles. The van der Waals surface area contributed by atoms with Gasteiger partial charge >= 0.3 is 0 Å². The van der Waals surface area contributed by atoms with E-state index in [-0.39, 0.29) is 11.8 Å². The smallest absolute Gasteiger partial charge is 0.282 e. The molecule has 156 valence electrons. The van der Waals surface area contributed by atoms with E-state index in [1.165, 1.54) is 4.90 Å². The molecule has 4 rings (SSSR count). The number of amides is 2. The van der Waals surface area contributed by atoms with Gasteiger partial charge in [-0.05, 0) is 54.3 Å². The van der Waals surface area contributed by atoms with E-state index in [0.717, 1.165) is 22.3 Å². The fourth-order valence-electron chi connectivity index (χ4n) is 3.82. The van der Waals surface area contributed by atoms with Gasteiger partial charge in [-0.25, -0.2) is 4.90 Å². The third-order valence-corrected chi connectivity index (χ3v) is 5.80. The van der Waals surface area contributed by atoms with Crippen molar-refractivity contribution in [1.82, 2.24) is 4.90 Å². The number of halogens is 1. The summed E-state index contributed by atoms with van der Waals surface area (Å²) in [5.41, 5.74) is 5.25. The van der Waals surface area contributed by atoms with Crippen LogP contribution in [0.4, 0.5) is 5.69 Å². The van der Waals surface area contributed by atoms with Crippen molar-refractivity contribution in [3.05, 3.63) is 106 Å². The lowest BCUT2D eigenvalue weighted by atomic mass is 9.99. The second-order valence-electron chi connectivity index (χ2n) is 7.79. The van der Waals surface area contributed by atoms with Gasteiger partial charge in [-0.1, -0.05) is 66.2 Å². The van der Waals surface area contributed by atoms with Crippen LogP contribution in [0.1, 0.15) is 22.3 Å². The van der Waals surface area contributed by atoms with Crippen LogP contribution in [0.2, 0.25) is 5.02 Å². The second-order valence-corrected chi connectivity index (χ2v) is 8.23. The van der Waals surface area contributed by atoms with Crippen LogP contribution in [0, 0.1) is 13.8 Å². The van der Waals surface area contributed by atoms with Crippen LogP contribution >= 0.6 is 11.6 Å². The van der Waals surface area contributed by atoms with Gasteiger partial charge in [0, 0.05) is 18.6 Å². The molecule has 0 saturated heterocycles. The molecule has 31 heavy (non-hydrogen) atoms. The van der Waals surface area contributed by atoms with Gasteiger partial charge < -0.3 is 4.90 Å². The number of nitrogens with zero attached hydrogens (tertiary/aromatic N) is 2. The molecule has 0 unspecified atom stereocenters. The maximum absolute atomic E-state index is 13.6. The lowest BCUT2D eigenvalue weighted by molar-refractivity contribution is -0.120. The largest absolute Gasteiger partial charge is 0.365 e. The third kappa shape index (κ3) is 3.99. The zero-order valence-electron chi connectivity index (χ0n) is 17.7. The van der Waals surface area contributed by atoms with Crippen molar-refractivity contribution in [2.45, 2.75) is 20.4 Å². The van der Waals surface area contributed by atoms with Crippen LogP contribution in [-0.2, 0) is 16.1 Å². The number of anilines is 1. The van der Waals surface area contributed by atoms with Crippen LogP contribution in [0.5, 0.6) is 0 Å². The van der Waals surface area contributed by atoms with Crippen molar-refractivity contribution in [3.8, 4) is 0 Å². The third-order valence-electron chi connectivity index (χ3n) is 5.57. The van der Waals surface area contributed by atoms with E-state index in [1.807, 2.05) is 74.3 Å². The Balaban J connectivity index is 1.83. The number of carbonyl (C=O) groups is 2. The van der Waals surface area contributed by atoms with Crippen molar-refractivity contribution in [2.24, 2.45) is 0 Å². The number of hydrogen-bond acceptors (Lipinski definition) is 3. The molecular formula is C26H23ClN2O2. The average Bonchev–Trinajstić information content (AvgIpc) is 3.01. The first kappa shape index (κ1) is 20.9. The van der Waals surface area contributed by atoms with Gasteiger partial charge in [-0.2, -0.15) is 0 Å². The summed E-state index contributed by atoms with van der Waals surface area (Å²) in [4.78, 5) is 30.2. The van der Waals surface area contributed by atoms with Crippen molar-refractivity contribution in [2.75, 3.05) is 11.9 Å². The minimum absolute atomic E-state index is 0.342. The van der Waals surface area contributed by atoms with Gasteiger partial charge in [0.05, 0.1) is 11.3 Å². The molecule has 0 aliphatic carbocycles. The number of rotatable bonds is 5. The van der Waals surface area contributed by atoms with Crippen molar-refractivity contribution in [3.63, 3.8) is 0 Å². The summed E-state index contributed by atoms with van der Waals surface area (Å²) in [6, 6.07) is 22.5. The van der Waals surface area contributed by atoms with E-state index in [0.29, 0.717) is 28.5 Å². The first-order chi connectivity index (χ1) is 14.9. The minimum Gasteiger partial charge on any atom is -0.365 e. The summed E-state index contributed by atoms with van der Waals surface area (Å²) in [5.74, 6) is -0.690. The summed E-state index contributed by atoms with van der Waals surface area (Å²) in [6.45, 7) is 4.53. The average molecular weight is 431 g/mol. The maximum atomic E-state index is 13.6. The molecule has 3 aromatic carbocycles. The van der Waals surface area contributed by atoms with Crippen LogP contribution in [0.25, 0.3) is 5.57 Å². The molecular weight excluding hydrogens is 408 g/mol. The zero-order chi connectivity index (χ0) is 22.1. The standard InChI is InChI=1S/C26H23ClN2O2/c1-17-12-13-20(14-18(17)2)23-24(28(3)16-19-8-5-4-6-9-19)26(31)29(25(23)30)22-11-7-10-21(27)15-22/h4-15H,16H2,1-3H3. The molecule has 0 bridgehead atoms. The zero-order valence-corrected chi connectivity index (χ0v) is 18.5. The lowest BCUT2D eigenvalue weighted by Gasteiger charge is -2.21. The van der Waals surface area contributed by atoms with Crippen LogP contribution < -0.4 is 4.90 Å². The number of likely N-dealkylation sites (N-methyl/N-ethyl adjacent to an activating group) is 1. The first-order valence-electron chi connectivity index (χ1n) is 10.1. The fraction of sp³-hybridized carbons (Fsp3) is 0.154. The quantitative estimate of drug-likeness (QED) is 0.511. The maximum Gasteiger partial charge on any atom is 0.282 e. The lowest BCUT2D eigenvalue weighted by Crippen LogP contribution is -2.34. The van der Waals surface area contributed by atoms with Gasteiger partial charge in [0.15, 0.2) is 0 Å². The van der Waals surface area contributed by atoms with Gasteiger partial charge in [0.1, 0.15) is 5.70 Å². The number of hydrogen-bond donors (Lipinski definition) is 0. The van der Waals surface area contributed by atoms with Crippen LogP contribution in [0.15, 0.2) is 78.5 Å². The summed E-state index contributed by atoms with van der Waals surface area (Å²) in [6.07, 6.45) is 0.